The summed E-state index contributed by atoms with van der Waals surface area (Å²) in [6, 6.07) is 0. The van der Waals surface area contributed by atoms with Crippen molar-refractivity contribution in [1.29, 1.82) is 0 Å². The Morgan fingerprint density at radius 2 is 2.45 bits per heavy atom. The van der Waals surface area contributed by atoms with Gasteiger partial charge in [-0.25, -0.2) is 0 Å². The number of aliphatic hydroxyl groups excluding tert-OH is 1. The Bertz CT molecular complexity index is 167. The van der Waals surface area contributed by atoms with Crippen LogP contribution in [0.1, 0.15) is 26.7 Å². The number of amides is 1. The number of carbonyl (C=O) groups is 1. The quantitative estimate of drug-likeness (QED) is 0.605. The van der Waals surface area contributed by atoms with Crippen LogP contribution in [0.25, 0.3) is 0 Å². The van der Waals surface area contributed by atoms with E-state index in [2.05, 4.69) is 5.32 Å². The summed E-state index contributed by atoms with van der Waals surface area (Å²) in [4.78, 5) is 10.7. The highest BCUT2D eigenvalue weighted by Crippen LogP contribution is 2.37. The van der Waals surface area contributed by atoms with Gasteiger partial charge in [0.05, 0.1) is 0 Å². The van der Waals surface area contributed by atoms with Crippen LogP contribution in [0.5, 0.6) is 0 Å². The number of hydrogen-bond donors (Lipinski definition) is 2. The van der Waals surface area contributed by atoms with Gasteiger partial charge in [0.25, 0.3) is 0 Å². The first-order chi connectivity index (χ1) is 5.08. The average molecular weight is 157 g/mol. The van der Waals surface area contributed by atoms with Crippen molar-refractivity contribution in [2.75, 3.05) is 6.61 Å². The fourth-order valence-electron chi connectivity index (χ4n) is 1.64. The van der Waals surface area contributed by atoms with Crippen LogP contribution in [0, 0.1) is 5.92 Å². The van der Waals surface area contributed by atoms with Gasteiger partial charge in [0.15, 0.2) is 0 Å². The van der Waals surface area contributed by atoms with E-state index in [1.165, 1.54) is 6.92 Å². The maximum absolute atomic E-state index is 10.7. The van der Waals surface area contributed by atoms with Crippen molar-refractivity contribution < 1.29 is 9.90 Å². The van der Waals surface area contributed by atoms with Gasteiger partial charge in [-0.1, -0.05) is 0 Å². The largest absolute Gasteiger partial charge is 0.396 e. The van der Waals surface area contributed by atoms with E-state index in [0.717, 1.165) is 12.8 Å². The molecule has 0 aliphatic heterocycles. The molecule has 0 aromatic rings. The van der Waals surface area contributed by atoms with Crippen LogP contribution in [-0.4, -0.2) is 23.2 Å². The van der Waals surface area contributed by atoms with Crippen molar-refractivity contribution in [1.82, 2.24) is 5.32 Å². The molecule has 3 heteroatoms. The summed E-state index contributed by atoms with van der Waals surface area (Å²) in [5, 5.41) is 11.7. The molecule has 0 aromatic heterocycles. The van der Waals surface area contributed by atoms with Gasteiger partial charge >= 0.3 is 0 Å². The van der Waals surface area contributed by atoms with Crippen LogP contribution in [0.4, 0.5) is 0 Å². The van der Waals surface area contributed by atoms with Crippen LogP contribution in [0.15, 0.2) is 0 Å². The molecule has 0 spiro atoms. The van der Waals surface area contributed by atoms with E-state index in [1.807, 2.05) is 6.92 Å². The van der Waals surface area contributed by atoms with Gasteiger partial charge in [-0.2, -0.15) is 0 Å². The van der Waals surface area contributed by atoms with Gasteiger partial charge in [-0.3, -0.25) is 4.79 Å². The van der Waals surface area contributed by atoms with Crippen LogP contribution in [0.2, 0.25) is 0 Å². The Balaban J connectivity index is 2.47. The summed E-state index contributed by atoms with van der Waals surface area (Å²) in [6.45, 7) is 3.67. The number of hydrogen-bond acceptors (Lipinski definition) is 2. The van der Waals surface area contributed by atoms with Crippen molar-refractivity contribution in [2.24, 2.45) is 5.92 Å². The predicted octanol–water partition coefficient (Wildman–Crippen LogP) is 0.283. The smallest absolute Gasteiger partial charge is 0.217 e. The maximum atomic E-state index is 10.7. The molecule has 1 amide bonds. The SMILES string of the molecule is CC(=O)N[C@@]1(C)CCC1CO. The second-order valence-corrected chi connectivity index (χ2v) is 3.52. The zero-order valence-electron chi connectivity index (χ0n) is 7.05. The highest BCUT2D eigenvalue weighted by atomic mass is 16.3. The van der Waals surface area contributed by atoms with Crippen LogP contribution < -0.4 is 5.32 Å². The lowest BCUT2D eigenvalue weighted by Crippen LogP contribution is -2.58. The van der Waals surface area contributed by atoms with Crippen LogP contribution in [0.3, 0.4) is 0 Å². The minimum absolute atomic E-state index is 0.00866. The van der Waals surface area contributed by atoms with E-state index >= 15 is 0 Å². The molecular formula is C8H15NO2. The van der Waals surface area contributed by atoms with E-state index in [-0.39, 0.29) is 24.0 Å². The highest BCUT2D eigenvalue weighted by molar-refractivity contribution is 5.74. The normalized spacial score (nSPS) is 36.1. The molecule has 0 heterocycles. The lowest BCUT2D eigenvalue weighted by Gasteiger charge is -2.46. The highest BCUT2D eigenvalue weighted by Gasteiger charge is 2.42. The first kappa shape index (κ1) is 8.53. The molecule has 3 nitrogen and oxygen atoms in total. The molecule has 2 N–H and O–H groups in total. The predicted molar refractivity (Wildman–Crippen MR) is 42.0 cm³/mol. The lowest BCUT2D eigenvalue weighted by atomic mass is 9.68. The Labute approximate surface area is 66.8 Å². The average Bonchev–Trinajstić information content (AvgIpc) is 1.85. The second kappa shape index (κ2) is 2.81. The van der Waals surface area contributed by atoms with E-state index in [4.69, 9.17) is 5.11 Å². The van der Waals surface area contributed by atoms with Crippen molar-refractivity contribution in [2.45, 2.75) is 32.2 Å². The monoisotopic (exact) mass is 157 g/mol. The van der Waals surface area contributed by atoms with Gasteiger partial charge in [-0.05, 0) is 19.8 Å². The third kappa shape index (κ3) is 1.53. The van der Waals surface area contributed by atoms with E-state index in [0.29, 0.717) is 0 Å². The molecule has 0 saturated heterocycles. The third-order valence-electron chi connectivity index (χ3n) is 2.60. The molecule has 1 rings (SSSR count). The molecule has 11 heavy (non-hydrogen) atoms. The summed E-state index contributed by atoms with van der Waals surface area (Å²) >= 11 is 0. The van der Waals surface area contributed by atoms with Gasteiger partial charge in [0, 0.05) is 25.0 Å². The van der Waals surface area contributed by atoms with Crippen LogP contribution in [-0.2, 0) is 4.79 Å². The molecule has 2 atom stereocenters. The molecule has 1 saturated carbocycles. The minimum atomic E-state index is -0.138. The van der Waals surface area contributed by atoms with Crippen LogP contribution >= 0.6 is 0 Å². The number of nitrogens with one attached hydrogen (secondary N) is 1. The number of carbonyl (C=O) groups excluding carboxylic acids is 1. The zero-order chi connectivity index (χ0) is 8.48. The van der Waals surface area contributed by atoms with Crippen molar-refractivity contribution in [3.63, 3.8) is 0 Å². The molecule has 1 unspecified atom stereocenters. The molecule has 0 radical (unpaired) electrons. The van der Waals surface area contributed by atoms with E-state index < -0.39 is 0 Å². The lowest BCUT2D eigenvalue weighted by molar-refractivity contribution is -0.123. The van der Waals surface area contributed by atoms with Gasteiger partial charge in [-0.15, -0.1) is 0 Å². The molecule has 1 aliphatic carbocycles. The van der Waals surface area contributed by atoms with E-state index in [9.17, 15) is 4.79 Å². The van der Waals surface area contributed by atoms with Crippen molar-refractivity contribution in [3.05, 3.63) is 0 Å². The van der Waals surface area contributed by atoms with E-state index in [1.54, 1.807) is 0 Å². The molecule has 1 fully saturated rings. The molecule has 0 bridgehead atoms. The Kier molecular flexibility index (Phi) is 2.18. The summed E-state index contributed by atoms with van der Waals surface area (Å²) in [6.07, 6.45) is 2.01. The first-order valence-electron chi connectivity index (χ1n) is 3.98. The Morgan fingerprint density at radius 3 is 2.73 bits per heavy atom. The molecule has 1 aliphatic rings. The topological polar surface area (TPSA) is 49.3 Å². The Hall–Kier alpha value is -0.570. The summed E-state index contributed by atoms with van der Waals surface area (Å²) in [7, 11) is 0. The molecule has 0 aromatic carbocycles. The fraction of sp³-hybridized carbons (Fsp3) is 0.875. The van der Waals surface area contributed by atoms with Crippen molar-refractivity contribution >= 4 is 5.91 Å². The fourth-order valence-corrected chi connectivity index (χ4v) is 1.64. The summed E-state index contributed by atoms with van der Waals surface area (Å²) in [5.41, 5.74) is -0.138. The number of rotatable bonds is 2. The summed E-state index contributed by atoms with van der Waals surface area (Å²) in [5.74, 6) is 0.247. The standard InChI is InChI=1S/C8H15NO2/c1-6(11)9-8(2)4-3-7(8)5-10/h7,10H,3-5H2,1-2H3,(H,9,11)/t7?,8-/m0/s1. The number of aliphatic hydroxyl groups is 1. The molecular weight excluding hydrogens is 142 g/mol. The van der Waals surface area contributed by atoms with Gasteiger partial charge < -0.3 is 10.4 Å². The molecule has 64 valence electrons. The van der Waals surface area contributed by atoms with Crippen molar-refractivity contribution in [3.8, 4) is 0 Å². The van der Waals surface area contributed by atoms with Gasteiger partial charge in [0.1, 0.15) is 0 Å². The zero-order valence-corrected chi connectivity index (χ0v) is 7.05. The Morgan fingerprint density at radius 1 is 1.82 bits per heavy atom. The summed E-state index contributed by atoms with van der Waals surface area (Å²) < 4.78 is 0. The minimum Gasteiger partial charge on any atom is -0.396 e. The van der Waals surface area contributed by atoms with Gasteiger partial charge in [0.2, 0.25) is 5.91 Å². The first-order valence-corrected chi connectivity index (χ1v) is 3.98. The maximum Gasteiger partial charge on any atom is 0.217 e. The second-order valence-electron chi connectivity index (χ2n) is 3.52. The third-order valence-corrected chi connectivity index (χ3v) is 2.60.